The van der Waals surface area contributed by atoms with Crippen LogP contribution in [0.1, 0.15) is 40.0 Å². The van der Waals surface area contributed by atoms with Crippen molar-refractivity contribution < 1.29 is 19.5 Å². The molecule has 7 nitrogen and oxygen atoms in total. The number of hydrogen-bond donors (Lipinski definition) is 3. The van der Waals surface area contributed by atoms with E-state index in [-0.39, 0.29) is 24.7 Å². The highest BCUT2D eigenvalue weighted by molar-refractivity contribution is 5.89. The zero-order chi connectivity index (χ0) is 15.7. The summed E-state index contributed by atoms with van der Waals surface area (Å²) >= 11 is 0. The highest BCUT2D eigenvalue weighted by atomic mass is 16.4. The SMILES string of the molecule is CC(=O)N[C@@H](CC(C)C)C(=O)N[C@@H](CCC#N)C(=O)O. The molecule has 0 rings (SSSR count). The molecule has 3 N–H and O–H groups in total. The predicted octanol–water partition coefficient (Wildman–Crippen LogP) is 0.410. The fraction of sp³-hybridized carbons (Fsp3) is 0.692. The van der Waals surface area contributed by atoms with Crippen LogP contribution in [0.25, 0.3) is 0 Å². The summed E-state index contributed by atoms with van der Waals surface area (Å²) in [4.78, 5) is 34.1. The van der Waals surface area contributed by atoms with Gasteiger partial charge in [0.1, 0.15) is 12.1 Å². The normalized spacial score (nSPS) is 13.2. The van der Waals surface area contributed by atoms with E-state index in [1.165, 1.54) is 6.92 Å². The summed E-state index contributed by atoms with van der Waals surface area (Å²) in [5.41, 5.74) is 0. The lowest BCUT2D eigenvalue weighted by Gasteiger charge is -2.21. The Kier molecular flexibility index (Phi) is 7.97. The van der Waals surface area contributed by atoms with E-state index >= 15 is 0 Å². The van der Waals surface area contributed by atoms with E-state index in [0.29, 0.717) is 6.42 Å². The number of carbonyl (C=O) groups excluding carboxylic acids is 2. The average molecular weight is 283 g/mol. The maximum absolute atomic E-state index is 12.0. The lowest BCUT2D eigenvalue weighted by atomic mass is 10.0. The Balaban J connectivity index is 4.73. The number of nitriles is 1. The van der Waals surface area contributed by atoms with Crippen LogP contribution in [-0.2, 0) is 14.4 Å². The van der Waals surface area contributed by atoms with Gasteiger partial charge in [-0.3, -0.25) is 9.59 Å². The van der Waals surface area contributed by atoms with E-state index < -0.39 is 24.0 Å². The molecule has 0 heterocycles. The molecule has 0 aromatic rings. The van der Waals surface area contributed by atoms with Gasteiger partial charge in [-0.2, -0.15) is 5.26 Å². The van der Waals surface area contributed by atoms with E-state index in [4.69, 9.17) is 10.4 Å². The first kappa shape index (κ1) is 17.9. The molecule has 0 saturated carbocycles. The Bertz CT molecular complexity index is 401. The van der Waals surface area contributed by atoms with Crippen molar-refractivity contribution in [3.8, 4) is 6.07 Å². The number of hydrogen-bond acceptors (Lipinski definition) is 4. The van der Waals surface area contributed by atoms with E-state index in [1.54, 1.807) is 0 Å². The summed E-state index contributed by atoms with van der Waals surface area (Å²) < 4.78 is 0. The Morgan fingerprint density at radius 1 is 1.20 bits per heavy atom. The van der Waals surface area contributed by atoms with E-state index in [0.717, 1.165) is 0 Å². The number of nitrogens with one attached hydrogen (secondary N) is 2. The second-order valence-corrected chi connectivity index (χ2v) is 4.98. The van der Waals surface area contributed by atoms with Crippen LogP contribution in [0.4, 0.5) is 0 Å². The molecule has 0 aliphatic heterocycles. The van der Waals surface area contributed by atoms with Crippen molar-refractivity contribution >= 4 is 17.8 Å². The topological polar surface area (TPSA) is 119 Å². The van der Waals surface area contributed by atoms with Crippen molar-refractivity contribution in [3.05, 3.63) is 0 Å². The lowest BCUT2D eigenvalue weighted by Crippen LogP contribution is -2.51. The molecule has 0 unspecified atom stereocenters. The lowest BCUT2D eigenvalue weighted by molar-refractivity contribution is -0.142. The van der Waals surface area contributed by atoms with Gasteiger partial charge in [-0.15, -0.1) is 0 Å². The minimum absolute atomic E-state index is 0.0338. The van der Waals surface area contributed by atoms with Crippen molar-refractivity contribution in [1.82, 2.24) is 10.6 Å². The van der Waals surface area contributed by atoms with Crippen LogP contribution in [0.5, 0.6) is 0 Å². The highest BCUT2D eigenvalue weighted by Gasteiger charge is 2.26. The molecule has 0 aromatic heterocycles. The minimum Gasteiger partial charge on any atom is -0.480 e. The zero-order valence-electron chi connectivity index (χ0n) is 12.0. The van der Waals surface area contributed by atoms with Gasteiger partial charge in [-0.25, -0.2) is 4.79 Å². The molecule has 0 radical (unpaired) electrons. The second kappa shape index (κ2) is 8.91. The average Bonchev–Trinajstić information content (AvgIpc) is 2.31. The molecule has 0 aromatic carbocycles. The van der Waals surface area contributed by atoms with Gasteiger partial charge in [0.2, 0.25) is 11.8 Å². The predicted molar refractivity (Wildman–Crippen MR) is 71.5 cm³/mol. The summed E-state index contributed by atoms with van der Waals surface area (Å²) in [7, 11) is 0. The molecular formula is C13H21N3O4. The molecule has 0 fully saturated rings. The fourth-order valence-electron chi connectivity index (χ4n) is 1.69. The van der Waals surface area contributed by atoms with Gasteiger partial charge >= 0.3 is 5.97 Å². The molecular weight excluding hydrogens is 262 g/mol. The number of carboxylic acid groups (broad SMARTS) is 1. The molecule has 0 saturated heterocycles. The Hall–Kier alpha value is -2.10. The summed E-state index contributed by atoms with van der Waals surface area (Å²) in [6, 6.07) is -0.0515. The van der Waals surface area contributed by atoms with Gasteiger partial charge < -0.3 is 15.7 Å². The fourth-order valence-corrected chi connectivity index (χ4v) is 1.69. The summed E-state index contributed by atoms with van der Waals surface area (Å²) in [6.07, 6.45) is 0.480. The molecule has 2 atom stereocenters. The Morgan fingerprint density at radius 3 is 2.20 bits per heavy atom. The van der Waals surface area contributed by atoms with Gasteiger partial charge in [0.25, 0.3) is 0 Å². The van der Waals surface area contributed by atoms with E-state index in [2.05, 4.69) is 10.6 Å². The summed E-state index contributed by atoms with van der Waals surface area (Å²) in [6.45, 7) is 5.09. The Morgan fingerprint density at radius 2 is 1.80 bits per heavy atom. The van der Waals surface area contributed by atoms with Crippen LogP contribution >= 0.6 is 0 Å². The third kappa shape index (κ3) is 7.36. The first-order valence-electron chi connectivity index (χ1n) is 6.45. The molecule has 7 heteroatoms. The van der Waals surface area contributed by atoms with Gasteiger partial charge in [0.15, 0.2) is 0 Å². The summed E-state index contributed by atoms with van der Waals surface area (Å²) in [5.74, 6) is -1.92. The number of rotatable bonds is 8. The van der Waals surface area contributed by atoms with Crippen LogP contribution in [0.2, 0.25) is 0 Å². The van der Waals surface area contributed by atoms with Gasteiger partial charge in [0.05, 0.1) is 6.07 Å². The molecule has 20 heavy (non-hydrogen) atoms. The number of carboxylic acids is 1. The first-order valence-corrected chi connectivity index (χ1v) is 6.45. The third-order valence-electron chi connectivity index (χ3n) is 2.56. The number of aliphatic carboxylic acids is 1. The van der Waals surface area contributed by atoms with Crippen LogP contribution in [0.15, 0.2) is 0 Å². The smallest absolute Gasteiger partial charge is 0.326 e. The van der Waals surface area contributed by atoms with Crippen LogP contribution < -0.4 is 10.6 Å². The summed E-state index contributed by atoms with van der Waals surface area (Å²) in [5, 5.41) is 22.3. The van der Waals surface area contributed by atoms with Gasteiger partial charge in [-0.05, 0) is 18.8 Å². The van der Waals surface area contributed by atoms with E-state index in [9.17, 15) is 14.4 Å². The second-order valence-electron chi connectivity index (χ2n) is 4.98. The molecule has 112 valence electrons. The monoisotopic (exact) mass is 283 g/mol. The molecule has 0 spiro atoms. The maximum atomic E-state index is 12.0. The minimum atomic E-state index is -1.19. The zero-order valence-corrected chi connectivity index (χ0v) is 12.0. The standard InChI is InChI=1S/C13H21N3O4/c1-8(2)7-11(15-9(3)17)12(18)16-10(13(19)20)5-4-6-14/h8,10-11H,4-5,7H2,1-3H3,(H,15,17)(H,16,18)(H,19,20)/t10-,11-/m0/s1. The van der Waals surface area contributed by atoms with Gasteiger partial charge in [0, 0.05) is 13.3 Å². The van der Waals surface area contributed by atoms with Crippen LogP contribution in [0, 0.1) is 17.2 Å². The van der Waals surface area contributed by atoms with Crippen LogP contribution in [-0.4, -0.2) is 35.0 Å². The quantitative estimate of drug-likeness (QED) is 0.596. The van der Waals surface area contributed by atoms with Crippen molar-refractivity contribution in [2.24, 2.45) is 5.92 Å². The third-order valence-corrected chi connectivity index (χ3v) is 2.56. The van der Waals surface area contributed by atoms with Crippen LogP contribution in [0.3, 0.4) is 0 Å². The molecule has 2 amide bonds. The molecule has 0 aliphatic rings. The molecule has 0 bridgehead atoms. The maximum Gasteiger partial charge on any atom is 0.326 e. The van der Waals surface area contributed by atoms with Crippen molar-refractivity contribution in [3.63, 3.8) is 0 Å². The highest BCUT2D eigenvalue weighted by Crippen LogP contribution is 2.06. The van der Waals surface area contributed by atoms with Gasteiger partial charge in [-0.1, -0.05) is 13.8 Å². The van der Waals surface area contributed by atoms with Crippen molar-refractivity contribution in [2.45, 2.75) is 52.1 Å². The number of amides is 2. The largest absolute Gasteiger partial charge is 0.480 e. The van der Waals surface area contributed by atoms with E-state index in [1.807, 2.05) is 19.9 Å². The number of carbonyl (C=O) groups is 3. The molecule has 0 aliphatic carbocycles. The Labute approximate surface area is 118 Å². The first-order chi connectivity index (χ1) is 9.27. The van der Waals surface area contributed by atoms with Crippen molar-refractivity contribution in [1.29, 1.82) is 5.26 Å². The number of nitrogens with zero attached hydrogens (tertiary/aromatic N) is 1. The van der Waals surface area contributed by atoms with Crippen molar-refractivity contribution in [2.75, 3.05) is 0 Å².